The van der Waals surface area contributed by atoms with Crippen molar-refractivity contribution >= 4 is 37.1 Å². The molecule has 4 N–H and O–H groups in total. The van der Waals surface area contributed by atoms with E-state index >= 15 is 0 Å². The Bertz CT molecular complexity index is 205. The Hall–Kier alpha value is 0.610. The van der Waals surface area contributed by atoms with Gasteiger partial charge in [-0.05, 0) is 0 Å². The van der Waals surface area contributed by atoms with E-state index in [4.69, 9.17) is 19.6 Å². The molecule has 0 aromatic heterocycles. The minimum Gasteiger partial charge on any atom is -0.315 e. The minimum absolute atomic E-state index is 2.01. The van der Waals surface area contributed by atoms with Gasteiger partial charge >= 0.3 is 20.8 Å². The Balaban J connectivity index is 4.65. The third-order valence-corrected chi connectivity index (χ3v) is 4.52. The first-order valence-corrected chi connectivity index (χ1v) is 5.84. The van der Waals surface area contributed by atoms with Gasteiger partial charge in [0.2, 0.25) is 0 Å². The van der Waals surface area contributed by atoms with E-state index in [1.54, 1.807) is 0 Å². The first kappa shape index (κ1) is 11.6. The van der Waals surface area contributed by atoms with Crippen LogP contribution in [0.25, 0.3) is 0 Å². The Kier molecular flexibility index (Phi) is 3.75. The number of hydrogen-bond donors (Lipinski definition) is 4. The summed E-state index contributed by atoms with van der Waals surface area (Å²) < 4.78 is 14.0. The van der Waals surface area contributed by atoms with Gasteiger partial charge in [-0.15, -0.1) is 0 Å². The van der Waals surface area contributed by atoms with Gasteiger partial charge in [0.05, 0.1) is 0 Å². The van der Waals surface area contributed by atoms with E-state index in [1.807, 2.05) is 16.3 Å². The maximum Gasteiger partial charge on any atom is 0.492 e. The van der Waals surface area contributed by atoms with Crippen molar-refractivity contribution in [1.29, 1.82) is 0 Å². The van der Waals surface area contributed by atoms with Gasteiger partial charge < -0.3 is 4.89 Å². The molecule has 0 heterocycles. The second-order valence-corrected chi connectivity index (χ2v) is 5.79. The van der Waals surface area contributed by atoms with Crippen molar-refractivity contribution in [3.63, 3.8) is 0 Å². The molecule has 0 fully saturated rings. The van der Waals surface area contributed by atoms with Crippen LogP contribution in [0.5, 0.6) is 0 Å². The fourth-order valence-electron chi connectivity index (χ4n) is 0.199. The summed E-state index contributed by atoms with van der Waals surface area (Å²) >= 11 is 2.01. The summed E-state index contributed by atoms with van der Waals surface area (Å²) in [7, 11) is -9.76. The van der Waals surface area contributed by atoms with Gasteiger partial charge in [-0.25, -0.2) is 13.0 Å². The third kappa shape index (κ3) is 3.23. The van der Waals surface area contributed by atoms with Crippen LogP contribution < -0.4 is 0 Å². The average Bonchev–Trinajstić information content (AvgIpc) is 1.84. The molecular weight excluding hydrogens is 266 g/mol. The van der Waals surface area contributed by atoms with Crippen molar-refractivity contribution in [2.24, 2.45) is 0 Å². The van der Waals surface area contributed by atoms with E-state index in [9.17, 15) is 9.36 Å². The van der Waals surface area contributed by atoms with Crippen LogP contribution in [-0.4, -0.2) is 24.8 Å². The van der Waals surface area contributed by atoms with Crippen molar-refractivity contribution in [2.75, 3.05) is 0 Å². The molecule has 66 valence electrons. The van der Waals surface area contributed by atoms with Gasteiger partial charge in [0.25, 0.3) is 0 Å². The summed E-state index contributed by atoms with van der Waals surface area (Å²) in [5.41, 5.74) is 0. The van der Waals surface area contributed by atoms with Crippen molar-refractivity contribution < 1.29 is 32.5 Å². The van der Waals surface area contributed by atoms with Crippen molar-refractivity contribution in [3.05, 3.63) is 0 Å². The van der Waals surface area contributed by atoms with E-state index in [0.717, 1.165) is 0 Å². The van der Waals surface area contributed by atoms with E-state index in [0.29, 0.717) is 0 Å². The van der Waals surface area contributed by atoms with Crippen molar-refractivity contribution in [1.82, 2.24) is 0 Å². The molecule has 0 rings (SSSR count). The molecule has 0 aliphatic rings. The molecule has 0 aromatic carbocycles. The van der Waals surface area contributed by atoms with Crippen LogP contribution in [0, 0.1) is 0 Å². The predicted octanol–water partition coefficient (Wildman–Crippen LogP) is 0.358. The third-order valence-electron chi connectivity index (χ3n) is 0.592. The van der Waals surface area contributed by atoms with Crippen LogP contribution in [-0.2, 0) is 8.18 Å². The topological polar surface area (TPSA) is 124 Å². The molecule has 1 atom stereocenters. The van der Waals surface area contributed by atoms with Crippen LogP contribution in [0.4, 0.5) is 4.79 Å². The number of rotatable bonds is 3. The molecule has 11 heavy (non-hydrogen) atoms. The van der Waals surface area contributed by atoms with Gasteiger partial charge in [0, 0.05) is 0 Å². The summed E-state index contributed by atoms with van der Waals surface area (Å²) in [4.78, 5) is 43.3. The number of carbonyl (C=O) groups is 1. The zero-order valence-corrected chi connectivity index (χ0v) is 8.16. The highest BCUT2D eigenvalue weighted by Gasteiger charge is 2.56. The number of carbonyl (C=O) groups excluding carboxylic acids is 1. The molecule has 0 aliphatic carbocycles. The maximum atomic E-state index is 10.4. The molecule has 0 amide bonds. The van der Waals surface area contributed by atoms with E-state index < -0.39 is 20.8 Å². The number of hydrogen-bond acceptors (Lipinski definition) is 6. The number of halogens is 1. The normalized spacial score (nSPS) is 17.5. The zero-order chi connectivity index (χ0) is 9.28. The summed E-state index contributed by atoms with van der Waals surface area (Å²) in [6, 6.07) is 0. The molecule has 10 heteroatoms. The Morgan fingerprint density at radius 2 is 1.82 bits per heavy atom. The fraction of sp³-hybridized carbons (Fsp3) is 0. The van der Waals surface area contributed by atoms with E-state index in [2.05, 4.69) is 3.62 Å². The monoisotopic (exact) mass is 269 g/mol. The molecule has 0 radical (unpaired) electrons. The molecular formula is CH4BrO7P2+. The molecule has 1 unspecified atom stereocenters. The molecule has 7 nitrogen and oxygen atoms in total. The highest BCUT2D eigenvalue weighted by Crippen LogP contribution is 2.63. The fourth-order valence-corrected chi connectivity index (χ4v) is 2.47. The first-order chi connectivity index (χ1) is 4.72. The lowest BCUT2D eigenvalue weighted by Gasteiger charge is -2.03. The SMILES string of the molecule is O=C(P(=O)(O)OBr)[P+](O)(O)O. The molecule has 0 aliphatic heterocycles. The van der Waals surface area contributed by atoms with Gasteiger partial charge in [-0.3, -0.25) is 0 Å². The quantitative estimate of drug-likeness (QED) is 0.545. The lowest BCUT2D eigenvalue weighted by molar-refractivity contribution is 0.251. The minimum atomic E-state index is -4.95. The molecule has 0 spiro atoms. The Morgan fingerprint density at radius 1 is 1.45 bits per heavy atom. The van der Waals surface area contributed by atoms with E-state index in [-0.39, 0.29) is 0 Å². The van der Waals surface area contributed by atoms with Gasteiger partial charge in [0.1, 0.15) is 16.3 Å². The molecule has 0 aromatic rings. The highest BCUT2D eigenvalue weighted by atomic mass is 79.9. The van der Waals surface area contributed by atoms with Gasteiger partial charge in [-0.2, -0.15) is 14.7 Å². The summed E-state index contributed by atoms with van der Waals surface area (Å²) in [6.45, 7) is 0. The summed E-state index contributed by atoms with van der Waals surface area (Å²) in [5, 5.41) is -2.03. The Labute approximate surface area is 70.2 Å². The standard InChI is InChI=1S/CH3BrO7P2/c2-9-11(7,8)1(3)10(4,5)6/h4-6H/p+1. The highest BCUT2D eigenvalue weighted by molar-refractivity contribution is 9.06. The maximum absolute atomic E-state index is 10.4. The summed E-state index contributed by atoms with van der Waals surface area (Å²) in [5.74, 6) is 0. The predicted molar refractivity (Wildman–Crippen MR) is 38.8 cm³/mol. The van der Waals surface area contributed by atoms with Crippen LogP contribution in [0.15, 0.2) is 0 Å². The second-order valence-electron chi connectivity index (χ2n) is 1.44. The van der Waals surface area contributed by atoms with Gasteiger partial charge in [-0.1, -0.05) is 0 Å². The molecule has 0 bridgehead atoms. The summed E-state index contributed by atoms with van der Waals surface area (Å²) in [6.07, 6.45) is 0. The van der Waals surface area contributed by atoms with E-state index in [1.165, 1.54) is 0 Å². The Morgan fingerprint density at radius 3 is 1.91 bits per heavy atom. The van der Waals surface area contributed by atoms with Crippen LogP contribution >= 0.6 is 31.8 Å². The van der Waals surface area contributed by atoms with Crippen LogP contribution in [0.3, 0.4) is 0 Å². The lowest BCUT2D eigenvalue weighted by Crippen LogP contribution is -2.03. The largest absolute Gasteiger partial charge is 0.492 e. The van der Waals surface area contributed by atoms with Crippen molar-refractivity contribution in [2.45, 2.75) is 0 Å². The van der Waals surface area contributed by atoms with Gasteiger partial charge in [0.15, 0.2) is 0 Å². The smallest absolute Gasteiger partial charge is 0.315 e. The first-order valence-electron chi connectivity index (χ1n) is 1.97. The zero-order valence-electron chi connectivity index (χ0n) is 4.79. The molecule has 0 saturated carbocycles. The van der Waals surface area contributed by atoms with Crippen LogP contribution in [0.1, 0.15) is 0 Å². The average molecular weight is 270 g/mol. The van der Waals surface area contributed by atoms with Crippen molar-refractivity contribution in [3.8, 4) is 0 Å². The molecule has 0 saturated heterocycles. The second kappa shape index (κ2) is 3.55. The lowest BCUT2D eigenvalue weighted by atomic mass is 11.8. The van der Waals surface area contributed by atoms with Crippen LogP contribution in [0.2, 0.25) is 0 Å².